The molecule has 0 fully saturated rings. The molecule has 8 heteroatoms. The second-order valence-corrected chi connectivity index (χ2v) is 11.9. The number of nitrogens with one attached hydrogen (secondary N) is 1. The van der Waals surface area contributed by atoms with Gasteiger partial charge >= 0.3 is 0 Å². The van der Waals surface area contributed by atoms with Gasteiger partial charge in [0, 0.05) is 30.9 Å². The van der Waals surface area contributed by atoms with E-state index in [4.69, 9.17) is 0 Å². The fourth-order valence-corrected chi connectivity index (χ4v) is 6.72. The molecule has 1 aliphatic heterocycles. The number of sulfonamides is 1. The van der Waals surface area contributed by atoms with Crippen LogP contribution in [0.4, 0.5) is 5.69 Å². The molecule has 1 aliphatic rings. The van der Waals surface area contributed by atoms with E-state index in [1.165, 1.54) is 4.31 Å². The van der Waals surface area contributed by atoms with Crippen LogP contribution in [0, 0.1) is 6.92 Å². The van der Waals surface area contributed by atoms with Crippen molar-refractivity contribution in [3.63, 3.8) is 0 Å². The van der Waals surface area contributed by atoms with Gasteiger partial charge < -0.3 is 10.2 Å². The number of rotatable bonds is 11. The third kappa shape index (κ3) is 5.55. The number of amides is 2. The monoisotopic (exact) mass is 535 g/mol. The minimum Gasteiger partial charge on any atom is -0.352 e. The zero-order valence-electron chi connectivity index (χ0n) is 22.6. The van der Waals surface area contributed by atoms with E-state index < -0.39 is 16.1 Å². The van der Waals surface area contributed by atoms with Gasteiger partial charge in [0.15, 0.2) is 0 Å². The van der Waals surface area contributed by atoms with E-state index in [1.807, 2.05) is 76.2 Å². The normalized spacial score (nSPS) is 15.3. The maximum absolute atomic E-state index is 13.6. The Balaban J connectivity index is 1.52. The predicted molar refractivity (Wildman–Crippen MR) is 151 cm³/mol. The highest BCUT2D eigenvalue weighted by Gasteiger charge is 2.35. The third-order valence-electron chi connectivity index (χ3n) is 7.29. The van der Waals surface area contributed by atoms with Gasteiger partial charge in [-0.1, -0.05) is 67.9 Å². The molecule has 1 N–H and O–H groups in total. The van der Waals surface area contributed by atoms with Crippen molar-refractivity contribution in [2.24, 2.45) is 0 Å². The van der Waals surface area contributed by atoms with E-state index in [1.54, 1.807) is 17.0 Å². The molecule has 2 atom stereocenters. The first kappa shape index (κ1) is 27.6. The molecule has 2 amide bonds. The van der Waals surface area contributed by atoms with Crippen molar-refractivity contribution in [1.29, 1.82) is 0 Å². The van der Waals surface area contributed by atoms with Gasteiger partial charge in [-0.05, 0) is 56.2 Å². The quantitative estimate of drug-likeness (QED) is 0.368. The van der Waals surface area contributed by atoms with Gasteiger partial charge in [-0.25, -0.2) is 8.42 Å². The Bertz CT molecular complexity index is 1410. The number of hydrogen-bond acceptors (Lipinski definition) is 4. The first-order valence-corrected chi connectivity index (χ1v) is 14.8. The number of hydrogen-bond donors (Lipinski definition) is 1. The van der Waals surface area contributed by atoms with E-state index in [9.17, 15) is 18.0 Å². The SMILES string of the molecule is CC[C@@H](C)NC(=O)[C@@H](CC)N(Cc1ccc(C)cc1)C(=O)CCCN1c2cccc3cccc(c23)S1(=O)=O. The molecule has 0 unspecified atom stereocenters. The van der Waals surface area contributed by atoms with Crippen LogP contribution >= 0.6 is 0 Å². The Morgan fingerprint density at radius 1 is 0.974 bits per heavy atom. The van der Waals surface area contributed by atoms with Gasteiger partial charge in [-0.15, -0.1) is 0 Å². The highest BCUT2D eigenvalue weighted by atomic mass is 32.2. The van der Waals surface area contributed by atoms with Gasteiger partial charge in [0.25, 0.3) is 10.0 Å². The fraction of sp³-hybridized carbons (Fsp3) is 0.400. The van der Waals surface area contributed by atoms with Crippen molar-refractivity contribution in [2.75, 3.05) is 10.8 Å². The average Bonchev–Trinajstić information content (AvgIpc) is 3.12. The summed E-state index contributed by atoms with van der Waals surface area (Å²) >= 11 is 0. The maximum Gasteiger partial charge on any atom is 0.265 e. The van der Waals surface area contributed by atoms with Gasteiger partial charge in [0.1, 0.15) is 6.04 Å². The smallest absolute Gasteiger partial charge is 0.265 e. The van der Waals surface area contributed by atoms with Gasteiger partial charge in [0.05, 0.1) is 10.6 Å². The van der Waals surface area contributed by atoms with E-state index in [2.05, 4.69) is 5.32 Å². The zero-order chi connectivity index (χ0) is 27.4. The summed E-state index contributed by atoms with van der Waals surface area (Å²) in [4.78, 5) is 28.7. The molecule has 3 aromatic carbocycles. The number of anilines is 1. The van der Waals surface area contributed by atoms with Crippen LogP contribution in [0.25, 0.3) is 10.8 Å². The molecule has 7 nitrogen and oxygen atoms in total. The Morgan fingerprint density at radius 3 is 2.32 bits per heavy atom. The topological polar surface area (TPSA) is 86.8 Å². The van der Waals surface area contributed by atoms with Crippen LogP contribution in [0.1, 0.15) is 57.6 Å². The number of carbonyl (C=O) groups is 2. The van der Waals surface area contributed by atoms with Crippen molar-refractivity contribution < 1.29 is 18.0 Å². The molecule has 0 aliphatic carbocycles. The van der Waals surface area contributed by atoms with Crippen molar-refractivity contribution in [2.45, 2.75) is 76.9 Å². The summed E-state index contributed by atoms with van der Waals surface area (Å²) in [5, 5.41) is 4.63. The highest BCUT2D eigenvalue weighted by molar-refractivity contribution is 7.93. The fourth-order valence-electron chi connectivity index (χ4n) is 4.97. The van der Waals surface area contributed by atoms with E-state index in [-0.39, 0.29) is 30.8 Å². The minimum atomic E-state index is -3.68. The van der Waals surface area contributed by atoms with Crippen molar-refractivity contribution >= 4 is 38.3 Å². The van der Waals surface area contributed by atoms with Crippen LogP contribution in [0.5, 0.6) is 0 Å². The maximum atomic E-state index is 13.6. The van der Waals surface area contributed by atoms with Crippen LogP contribution < -0.4 is 9.62 Å². The lowest BCUT2D eigenvalue weighted by molar-refractivity contribution is -0.141. The van der Waals surface area contributed by atoms with Crippen LogP contribution in [0.15, 0.2) is 65.6 Å². The minimum absolute atomic E-state index is 0.0117. The molecule has 202 valence electrons. The second-order valence-electron chi connectivity index (χ2n) is 10.1. The molecular formula is C30H37N3O4S. The lowest BCUT2D eigenvalue weighted by atomic mass is 10.1. The van der Waals surface area contributed by atoms with Gasteiger partial charge in [0.2, 0.25) is 11.8 Å². The summed E-state index contributed by atoms with van der Waals surface area (Å²) in [5.74, 6) is -0.324. The van der Waals surface area contributed by atoms with Crippen molar-refractivity contribution in [3.05, 3.63) is 71.8 Å². The molecule has 0 bridgehead atoms. The Hall–Kier alpha value is -3.39. The molecule has 38 heavy (non-hydrogen) atoms. The Labute approximate surface area is 225 Å². The average molecular weight is 536 g/mol. The first-order valence-electron chi connectivity index (χ1n) is 13.4. The van der Waals surface area contributed by atoms with Crippen molar-refractivity contribution in [3.8, 4) is 0 Å². The second kappa shape index (κ2) is 11.6. The molecule has 0 saturated carbocycles. The van der Waals surface area contributed by atoms with E-state index in [0.29, 0.717) is 30.0 Å². The van der Waals surface area contributed by atoms with Gasteiger partial charge in [-0.3, -0.25) is 13.9 Å². The van der Waals surface area contributed by atoms with Crippen molar-refractivity contribution in [1.82, 2.24) is 10.2 Å². The molecule has 0 saturated heterocycles. The van der Waals surface area contributed by atoms with Crippen LogP contribution in [0.3, 0.4) is 0 Å². The van der Waals surface area contributed by atoms with Gasteiger partial charge in [-0.2, -0.15) is 0 Å². The molecule has 1 heterocycles. The highest BCUT2D eigenvalue weighted by Crippen LogP contribution is 2.42. The summed E-state index contributed by atoms with van der Waals surface area (Å²) < 4.78 is 28.0. The first-order chi connectivity index (χ1) is 18.2. The molecular weight excluding hydrogens is 498 g/mol. The summed E-state index contributed by atoms with van der Waals surface area (Å²) in [6.45, 7) is 8.38. The largest absolute Gasteiger partial charge is 0.352 e. The standard InChI is InChI=1S/C30H37N3O4S/c1-5-22(4)31-30(35)25(6-2)32(20-23-17-15-21(3)16-18-23)28(34)14-9-19-33-26-12-7-10-24-11-8-13-27(29(24)26)38(33,36)37/h7-8,10-13,15-18,22,25H,5-6,9,14,19-20H2,1-4H3,(H,31,35)/t22-,25-/m1/s1. The number of aryl methyl sites for hydroxylation is 1. The molecule has 0 radical (unpaired) electrons. The Kier molecular flexibility index (Phi) is 8.41. The Morgan fingerprint density at radius 2 is 1.66 bits per heavy atom. The third-order valence-corrected chi connectivity index (χ3v) is 9.15. The molecule has 0 aromatic heterocycles. The number of benzene rings is 3. The summed E-state index contributed by atoms with van der Waals surface area (Å²) in [6.07, 6.45) is 1.76. The zero-order valence-corrected chi connectivity index (χ0v) is 23.4. The van der Waals surface area contributed by atoms with Crippen LogP contribution in [-0.2, 0) is 26.2 Å². The molecule has 4 rings (SSSR count). The van der Waals surface area contributed by atoms with E-state index >= 15 is 0 Å². The molecule has 0 spiro atoms. The lowest BCUT2D eigenvalue weighted by Gasteiger charge is -2.32. The summed E-state index contributed by atoms with van der Waals surface area (Å²) in [5.41, 5.74) is 2.72. The predicted octanol–water partition coefficient (Wildman–Crippen LogP) is 5.16. The number of nitrogens with zero attached hydrogens (tertiary/aromatic N) is 2. The lowest BCUT2D eigenvalue weighted by Crippen LogP contribution is -2.50. The molecule has 3 aromatic rings. The van der Waals surface area contributed by atoms with Crippen LogP contribution in [0.2, 0.25) is 0 Å². The van der Waals surface area contributed by atoms with Crippen LogP contribution in [-0.4, -0.2) is 43.8 Å². The summed E-state index contributed by atoms with van der Waals surface area (Å²) in [6, 6.07) is 18.2. The number of carbonyl (C=O) groups excluding carboxylic acids is 2. The van der Waals surface area contributed by atoms with E-state index in [0.717, 1.165) is 28.3 Å². The summed E-state index contributed by atoms with van der Waals surface area (Å²) in [7, 11) is -3.68.